The highest BCUT2D eigenvalue weighted by molar-refractivity contribution is 6.30. The second-order valence-corrected chi connectivity index (χ2v) is 7.19. The first kappa shape index (κ1) is 18.3. The Hall–Kier alpha value is -3.06. The minimum absolute atomic E-state index is 0.172. The molecule has 28 heavy (non-hydrogen) atoms. The zero-order chi connectivity index (χ0) is 19.7. The number of hydrogen-bond donors (Lipinski definition) is 1. The van der Waals surface area contributed by atoms with Crippen LogP contribution in [-0.4, -0.2) is 39.6 Å². The number of nitrogens with zero attached hydrogens (tertiary/aromatic N) is 3. The number of halogens is 1. The van der Waals surface area contributed by atoms with Crippen molar-refractivity contribution in [1.82, 2.24) is 14.7 Å². The molecule has 8 heteroatoms. The molecule has 144 valence electrons. The Labute approximate surface area is 166 Å². The van der Waals surface area contributed by atoms with Gasteiger partial charge in [0.15, 0.2) is 11.5 Å². The molecular weight excluding hydrogens is 380 g/mol. The number of aromatic nitrogens is 2. The predicted octanol–water partition coefficient (Wildman–Crippen LogP) is 3.12. The van der Waals surface area contributed by atoms with Gasteiger partial charge in [-0.2, -0.15) is 5.10 Å². The molecule has 0 unspecified atom stereocenters. The minimum atomic E-state index is -0.306. The van der Waals surface area contributed by atoms with E-state index in [0.717, 1.165) is 5.69 Å². The first-order chi connectivity index (χ1) is 13.5. The number of hydrogen-bond acceptors (Lipinski definition) is 4. The van der Waals surface area contributed by atoms with Gasteiger partial charge in [-0.1, -0.05) is 11.6 Å². The van der Waals surface area contributed by atoms with Gasteiger partial charge in [-0.15, -0.1) is 0 Å². The Balaban J connectivity index is 1.65. The van der Waals surface area contributed by atoms with Crippen molar-refractivity contribution < 1.29 is 14.0 Å². The fourth-order valence-electron chi connectivity index (χ4n) is 3.39. The number of rotatable bonds is 4. The Bertz CT molecular complexity index is 987. The zero-order valence-electron chi connectivity index (χ0n) is 15.0. The van der Waals surface area contributed by atoms with Crippen LogP contribution in [0.4, 0.5) is 0 Å². The van der Waals surface area contributed by atoms with E-state index in [1.807, 2.05) is 18.2 Å². The van der Waals surface area contributed by atoms with Crippen LogP contribution in [0.15, 0.2) is 53.1 Å². The van der Waals surface area contributed by atoms with Gasteiger partial charge in [0.25, 0.3) is 5.91 Å². The van der Waals surface area contributed by atoms with E-state index in [0.29, 0.717) is 48.1 Å². The lowest BCUT2D eigenvalue weighted by Crippen LogP contribution is -2.41. The molecule has 1 aliphatic rings. The van der Waals surface area contributed by atoms with Crippen LogP contribution in [0.5, 0.6) is 0 Å². The highest BCUT2D eigenvalue weighted by Crippen LogP contribution is 2.26. The summed E-state index contributed by atoms with van der Waals surface area (Å²) < 4.78 is 7.19. The van der Waals surface area contributed by atoms with Crippen LogP contribution >= 0.6 is 11.6 Å². The average Bonchev–Trinajstić information content (AvgIpc) is 3.38. The van der Waals surface area contributed by atoms with Crippen molar-refractivity contribution in [3.63, 3.8) is 0 Å². The maximum absolute atomic E-state index is 13.0. The normalized spacial score (nSPS) is 15.0. The van der Waals surface area contributed by atoms with Crippen molar-refractivity contribution in [2.75, 3.05) is 13.1 Å². The second kappa shape index (κ2) is 7.52. The number of amides is 2. The van der Waals surface area contributed by atoms with E-state index in [1.54, 1.807) is 40.1 Å². The van der Waals surface area contributed by atoms with Crippen molar-refractivity contribution in [3.05, 3.63) is 59.4 Å². The number of piperidine rings is 1. The molecule has 0 atom stereocenters. The van der Waals surface area contributed by atoms with E-state index >= 15 is 0 Å². The summed E-state index contributed by atoms with van der Waals surface area (Å²) in [5, 5.41) is 5.14. The molecule has 0 radical (unpaired) electrons. The fourth-order valence-corrected chi connectivity index (χ4v) is 3.52. The SMILES string of the molecule is NC(=O)C1CCN(C(=O)c2cc(-c3ccco3)n(-c3ccc(Cl)cc3)n2)CC1. The summed E-state index contributed by atoms with van der Waals surface area (Å²) in [6.45, 7) is 0.965. The number of primary amides is 1. The van der Waals surface area contributed by atoms with Crippen molar-refractivity contribution in [2.24, 2.45) is 11.7 Å². The number of likely N-dealkylation sites (tertiary alicyclic amines) is 1. The van der Waals surface area contributed by atoms with E-state index < -0.39 is 0 Å². The largest absolute Gasteiger partial charge is 0.463 e. The number of carbonyl (C=O) groups is 2. The second-order valence-electron chi connectivity index (χ2n) is 6.75. The molecule has 2 amide bonds. The lowest BCUT2D eigenvalue weighted by atomic mass is 9.96. The summed E-state index contributed by atoms with van der Waals surface area (Å²) in [5.41, 5.74) is 7.13. The van der Waals surface area contributed by atoms with Gasteiger partial charge in [-0.3, -0.25) is 9.59 Å². The molecule has 0 spiro atoms. The van der Waals surface area contributed by atoms with Crippen LogP contribution in [0, 0.1) is 5.92 Å². The standard InChI is InChI=1S/C20H19ClN4O3/c21-14-3-5-15(6-4-14)25-17(18-2-1-11-28-18)12-16(23-25)20(27)24-9-7-13(8-10-24)19(22)26/h1-6,11-13H,7-10H2,(H2,22,26). The molecule has 1 saturated heterocycles. The van der Waals surface area contributed by atoms with Crippen LogP contribution in [0.25, 0.3) is 17.1 Å². The van der Waals surface area contributed by atoms with Crippen LogP contribution in [0.3, 0.4) is 0 Å². The lowest BCUT2D eigenvalue weighted by molar-refractivity contribution is -0.123. The monoisotopic (exact) mass is 398 g/mol. The molecule has 7 nitrogen and oxygen atoms in total. The van der Waals surface area contributed by atoms with Gasteiger partial charge >= 0.3 is 0 Å². The lowest BCUT2D eigenvalue weighted by Gasteiger charge is -2.29. The molecule has 0 aliphatic carbocycles. The molecule has 1 aliphatic heterocycles. The summed E-state index contributed by atoms with van der Waals surface area (Å²) in [5.74, 6) is -0.0500. The minimum Gasteiger partial charge on any atom is -0.463 e. The van der Waals surface area contributed by atoms with Crippen molar-refractivity contribution in [3.8, 4) is 17.1 Å². The summed E-state index contributed by atoms with van der Waals surface area (Å²) >= 11 is 5.99. The fraction of sp³-hybridized carbons (Fsp3) is 0.250. The number of nitrogens with two attached hydrogens (primary N) is 1. The van der Waals surface area contributed by atoms with E-state index in [9.17, 15) is 9.59 Å². The third kappa shape index (κ3) is 3.53. The Morgan fingerprint density at radius 1 is 1.14 bits per heavy atom. The topological polar surface area (TPSA) is 94.4 Å². The van der Waals surface area contributed by atoms with Gasteiger partial charge in [0.05, 0.1) is 12.0 Å². The summed E-state index contributed by atoms with van der Waals surface area (Å²) in [6, 6.07) is 12.5. The first-order valence-electron chi connectivity index (χ1n) is 9.01. The molecule has 0 bridgehead atoms. The Kier molecular flexibility index (Phi) is 4.92. The third-order valence-corrected chi connectivity index (χ3v) is 5.21. The number of benzene rings is 1. The molecule has 2 N–H and O–H groups in total. The first-order valence-corrected chi connectivity index (χ1v) is 9.39. The van der Waals surface area contributed by atoms with Crippen molar-refractivity contribution in [1.29, 1.82) is 0 Å². The Morgan fingerprint density at radius 2 is 1.86 bits per heavy atom. The summed E-state index contributed by atoms with van der Waals surface area (Å²) in [7, 11) is 0. The summed E-state index contributed by atoms with van der Waals surface area (Å²) in [4.78, 5) is 26.0. The molecule has 2 aromatic heterocycles. The number of carbonyl (C=O) groups excluding carboxylic acids is 2. The molecule has 0 saturated carbocycles. The van der Waals surface area contributed by atoms with Gasteiger partial charge < -0.3 is 15.1 Å². The molecule has 3 aromatic rings. The van der Waals surface area contributed by atoms with Gasteiger partial charge in [-0.05, 0) is 49.2 Å². The predicted molar refractivity (Wildman–Crippen MR) is 104 cm³/mol. The smallest absolute Gasteiger partial charge is 0.274 e. The highest BCUT2D eigenvalue weighted by atomic mass is 35.5. The van der Waals surface area contributed by atoms with Crippen LogP contribution in [-0.2, 0) is 4.79 Å². The van der Waals surface area contributed by atoms with Gasteiger partial charge in [0, 0.05) is 30.1 Å². The van der Waals surface area contributed by atoms with Crippen LogP contribution < -0.4 is 5.73 Å². The van der Waals surface area contributed by atoms with Gasteiger partial charge in [-0.25, -0.2) is 4.68 Å². The quantitative estimate of drug-likeness (QED) is 0.730. The highest BCUT2D eigenvalue weighted by Gasteiger charge is 2.28. The average molecular weight is 399 g/mol. The van der Waals surface area contributed by atoms with E-state index in [1.165, 1.54) is 0 Å². The van der Waals surface area contributed by atoms with Crippen molar-refractivity contribution in [2.45, 2.75) is 12.8 Å². The molecule has 4 rings (SSSR count). The molecule has 1 aromatic carbocycles. The van der Waals surface area contributed by atoms with E-state index in [4.69, 9.17) is 21.8 Å². The third-order valence-electron chi connectivity index (χ3n) is 4.96. The van der Waals surface area contributed by atoms with Crippen LogP contribution in [0.1, 0.15) is 23.3 Å². The van der Waals surface area contributed by atoms with Gasteiger partial charge in [0.1, 0.15) is 5.69 Å². The summed E-state index contributed by atoms with van der Waals surface area (Å²) in [6.07, 6.45) is 2.72. The van der Waals surface area contributed by atoms with Crippen molar-refractivity contribution >= 4 is 23.4 Å². The molecular formula is C20H19ClN4O3. The van der Waals surface area contributed by atoms with E-state index in [-0.39, 0.29) is 17.7 Å². The maximum Gasteiger partial charge on any atom is 0.274 e. The van der Waals surface area contributed by atoms with E-state index in [2.05, 4.69) is 5.10 Å². The molecule has 1 fully saturated rings. The maximum atomic E-state index is 13.0. The zero-order valence-corrected chi connectivity index (χ0v) is 15.8. The molecule has 3 heterocycles. The van der Waals surface area contributed by atoms with Crippen LogP contribution in [0.2, 0.25) is 5.02 Å². The Morgan fingerprint density at radius 3 is 2.46 bits per heavy atom. The van der Waals surface area contributed by atoms with Gasteiger partial charge in [0.2, 0.25) is 5.91 Å². The number of furan rings is 1.